The third-order valence-electron chi connectivity index (χ3n) is 3.23. The highest BCUT2D eigenvalue weighted by Crippen LogP contribution is 2.17. The molecule has 0 aliphatic carbocycles. The summed E-state index contributed by atoms with van der Waals surface area (Å²) in [4.78, 5) is 16.2. The lowest BCUT2D eigenvalue weighted by Gasteiger charge is -2.06. The van der Waals surface area contributed by atoms with Gasteiger partial charge in [0.25, 0.3) is 5.91 Å². The number of aryl methyl sites for hydroxylation is 1. The standard InChI is InChI=1S/C17H13FN2O/c1-11-5-7-14(8-6-11)20-17(21)13-9-12-3-2-4-15(18)16(12)19-10-13/h2-10H,1H3,(H,20,21). The number of aromatic nitrogens is 1. The van der Waals surface area contributed by atoms with E-state index in [1.165, 1.54) is 12.3 Å². The van der Waals surface area contributed by atoms with E-state index < -0.39 is 5.82 Å². The molecule has 0 spiro atoms. The number of pyridine rings is 1. The molecule has 0 fully saturated rings. The molecule has 0 aliphatic heterocycles. The van der Waals surface area contributed by atoms with Crippen LogP contribution in [0.5, 0.6) is 0 Å². The first kappa shape index (κ1) is 13.2. The summed E-state index contributed by atoms with van der Waals surface area (Å²) in [5.41, 5.74) is 2.50. The van der Waals surface area contributed by atoms with Crippen LogP contribution in [0, 0.1) is 12.7 Å². The van der Waals surface area contributed by atoms with Crippen LogP contribution in [0.4, 0.5) is 10.1 Å². The molecular formula is C17H13FN2O. The molecule has 2 aromatic carbocycles. The Bertz CT molecular complexity index is 813. The largest absolute Gasteiger partial charge is 0.322 e. The van der Waals surface area contributed by atoms with Crippen LogP contribution >= 0.6 is 0 Å². The van der Waals surface area contributed by atoms with Gasteiger partial charge in [-0.3, -0.25) is 9.78 Å². The highest BCUT2D eigenvalue weighted by Gasteiger charge is 2.09. The number of para-hydroxylation sites is 1. The van der Waals surface area contributed by atoms with Crippen LogP contribution in [0.25, 0.3) is 10.9 Å². The number of hydrogen-bond donors (Lipinski definition) is 1. The summed E-state index contributed by atoms with van der Waals surface area (Å²) in [6, 6.07) is 13.8. The summed E-state index contributed by atoms with van der Waals surface area (Å²) in [7, 11) is 0. The van der Waals surface area contributed by atoms with Crippen LogP contribution in [0.1, 0.15) is 15.9 Å². The molecule has 0 saturated heterocycles. The molecule has 0 bridgehead atoms. The van der Waals surface area contributed by atoms with Gasteiger partial charge in [-0.15, -0.1) is 0 Å². The molecule has 21 heavy (non-hydrogen) atoms. The molecule has 0 unspecified atom stereocenters. The summed E-state index contributed by atoms with van der Waals surface area (Å²) in [6.45, 7) is 1.98. The topological polar surface area (TPSA) is 42.0 Å². The number of anilines is 1. The Balaban J connectivity index is 1.89. The lowest BCUT2D eigenvalue weighted by atomic mass is 10.1. The normalized spacial score (nSPS) is 10.6. The van der Waals surface area contributed by atoms with Crippen molar-refractivity contribution in [3.05, 3.63) is 71.7 Å². The molecule has 3 nitrogen and oxygen atoms in total. The molecule has 1 N–H and O–H groups in total. The number of halogens is 1. The average Bonchev–Trinajstić information content (AvgIpc) is 2.49. The Hall–Kier alpha value is -2.75. The van der Waals surface area contributed by atoms with E-state index in [1.807, 2.05) is 31.2 Å². The van der Waals surface area contributed by atoms with Crippen molar-refractivity contribution in [3.8, 4) is 0 Å². The van der Waals surface area contributed by atoms with Gasteiger partial charge in [-0.25, -0.2) is 4.39 Å². The van der Waals surface area contributed by atoms with E-state index in [1.54, 1.807) is 18.2 Å². The van der Waals surface area contributed by atoms with Gasteiger partial charge in [0, 0.05) is 17.3 Å². The van der Waals surface area contributed by atoms with Crippen LogP contribution in [-0.4, -0.2) is 10.9 Å². The summed E-state index contributed by atoms with van der Waals surface area (Å²) >= 11 is 0. The number of carbonyl (C=O) groups excluding carboxylic acids is 1. The third kappa shape index (κ3) is 2.74. The van der Waals surface area contributed by atoms with Crippen molar-refractivity contribution in [2.75, 3.05) is 5.32 Å². The maximum absolute atomic E-state index is 13.5. The second-order valence-electron chi connectivity index (χ2n) is 4.86. The SMILES string of the molecule is Cc1ccc(NC(=O)c2cnc3c(F)cccc3c2)cc1. The number of rotatable bonds is 2. The molecule has 0 radical (unpaired) electrons. The number of amides is 1. The highest BCUT2D eigenvalue weighted by atomic mass is 19.1. The molecule has 3 aromatic rings. The van der Waals surface area contributed by atoms with Crippen molar-refractivity contribution in [3.63, 3.8) is 0 Å². The number of nitrogens with one attached hydrogen (secondary N) is 1. The predicted octanol–water partition coefficient (Wildman–Crippen LogP) is 3.93. The summed E-state index contributed by atoms with van der Waals surface area (Å²) in [5, 5.41) is 3.40. The third-order valence-corrected chi connectivity index (χ3v) is 3.23. The van der Waals surface area contributed by atoms with Gasteiger partial charge in [0.2, 0.25) is 0 Å². The summed E-state index contributed by atoms with van der Waals surface area (Å²) in [5.74, 6) is -0.657. The van der Waals surface area contributed by atoms with Crippen molar-refractivity contribution >= 4 is 22.5 Å². The van der Waals surface area contributed by atoms with Gasteiger partial charge >= 0.3 is 0 Å². The van der Waals surface area contributed by atoms with Crippen LogP contribution in [-0.2, 0) is 0 Å². The number of nitrogens with zero attached hydrogens (tertiary/aromatic N) is 1. The molecular weight excluding hydrogens is 267 g/mol. The van der Waals surface area contributed by atoms with E-state index in [4.69, 9.17) is 0 Å². The second-order valence-corrected chi connectivity index (χ2v) is 4.86. The highest BCUT2D eigenvalue weighted by molar-refractivity contribution is 6.05. The molecule has 4 heteroatoms. The quantitative estimate of drug-likeness (QED) is 0.772. The van der Waals surface area contributed by atoms with Crippen molar-refractivity contribution < 1.29 is 9.18 Å². The summed E-state index contributed by atoms with van der Waals surface area (Å²) in [6.07, 6.45) is 1.38. The number of fused-ring (bicyclic) bond motifs is 1. The zero-order valence-electron chi connectivity index (χ0n) is 11.4. The van der Waals surface area contributed by atoms with Gasteiger partial charge in [-0.1, -0.05) is 29.8 Å². The maximum atomic E-state index is 13.5. The Morgan fingerprint density at radius 1 is 1.14 bits per heavy atom. The smallest absolute Gasteiger partial charge is 0.257 e. The first-order valence-electron chi connectivity index (χ1n) is 6.56. The Morgan fingerprint density at radius 2 is 1.90 bits per heavy atom. The van der Waals surface area contributed by atoms with Crippen LogP contribution in [0.2, 0.25) is 0 Å². The fourth-order valence-corrected chi connectivity index (χ4v) is 2.09. The Morgan fingerprint density at radius 3 is 2.67 bits per heavy atom. The van der Waals surface area contributed by atoms with Crippen LogP contribution < -0.4 is 5.32 Å². The van der Waals surface area contributed by atoms with Crippen molar-refractivity contribution in [2.45, 2.75) is 6.92 Å². The first-order valence-corrected chi connectivity index (χ1v) is 6.56. The number of hydrogen-bond acceptors (Lipinski definition) is 2. The number of carbonyl (C=O) groups is 1. The fourth-order valence-electron chi connectivity index (χ4n) is 2.09. The molecule has 0 saturated carbocycles. The van der Waals surface area contributed by atoms with Gasteiger partial charge < -0.3 is 5.32 Å². The van der Waals surface area contributed by atoms with Crippen molar-refractivity contribution in [2.24, 2.45) is 0 Å². The van der Waals surface area contributed by atoms with E-state index >= 15 is 0 Å². The van der Waals surface area contributed by atoms with E-state index in [0.29, 0.717) is 16.6 Å². The second kappa shape index (κ2) is 5.32. The Kier molecular flexibility index (Phi) is 3.36. The zero-order valence-corrected chi connectivity index (χ0v) is 11.4. The minimum atomic E-state index is -0.391. The molecule has 1 aromatic heterocycles. The van der Waals surface area contributed by atoms with Gasteiger partial charge in [0.1, 0.15) is 11.3 Å². The molecule has 104 valence electrons. The lowest BCUT2D eigenvalue weighted by molar-refractivity contribution is 0.102. The minimum Gasteiger partial charge on any atom is -0.322 e. The minimum absolute atomic E-state index is 0.266. The molecule has 3 rings (SSSR count). The van der Waals surface area contributed by atoms with Gasteiger partial charge in [0.05, 0.1) is 5.56 Å². The average molecular weight is 280 g/mol. The van der Waals surface area contributed by atoms with Gasteiger partial charge in [-0.05, 0) is 31.2 Å². The summed E-state index contributed by atoms with van der Waals surface area (Å²) < 4.78 is 13.5. The van der Waals surface area contributed by atoms with E-state index in [9.17, 15) is 9.18 Å². The first-order chi connectivity index (χ1) is 10.1. The molecule has 0 aliphatic rings. The van der Waals surface area contributed by atoms with Crippen LogP contribution in [0.3, 0.4) is 0 Å². The molecule has 0 atom stereocenters. The monoisotopic (exact) mass is 280 g/mol. The van der Waals surface area contributed by atoms with Crippen molar-refractivity contribution in [1.29, 1.82) is 0 Å². The lowest BCUT2D eigenvalue weighted by Crippen LogP contribution is -2.12. The zero-order chi connectivity index (χ0) is 14.8. The Labute approximate surface area is 121 Å². The van der Waals surface area contributed by atoms with Crippen molar-refractivity contribution in [1.82, 2.24) is 4.98 Å². The van der Waals surface area contributed by atoms with E-state index in [2.05, 4.69) is 10.3 Å². The van der Waals surface area contributed by atoms with E-state index in [0.717, 1.165) is 5.56 Å². The van der Waals surface area contributed by atoms with Crippen LogP contribution in [0.15, 0.2) is 54.7 Å². The van der Waals surface area contributed by atoms with E-state index in [-0.39, 0.29) is 11.4 Å². The fraction of sp³-hybridized carbons (Fsp3) is 0.0588. The van der Waals surface area contributed by atoms with Gasteiger partial charge in [-0.2, -0.15) is 0 Å². The molecule has 1 heterocycles. The number of benzene rings is 2. The molecule has 1 amide bonds. The van der Waals surface area contributed by atoms with Gasteiger partial charge in [0.15, 0.2) is 0 Å². The maximum Gasteiger partial charge on any atom is 0.257 e. The predicted molar refractivity (Wildman–Crippen MR) is 80.8 cm³/mol.